The topological polar surface area (TPSA) is 54.5 Å². The van der Waals surface area contributed by atoms with Gasteiger partial charge < -0.3 is 15.0 Å². The lowest BCUT2D eigenvalue weighted by Gasteiger charge is -2.18. The van der Waals surface area contributed by atoms with Crippen molar-refractivity contribution in [2.45, 2.75) is 13.5 Å². The lowest BCUT2D eigenvalue weighted by atomic mass is 10.3. The fraction of sp³-hybridized carbons (Fsp3) is 0.158. The molecule has 3 rings (SSSR count). The second-order valence-electron chi connectivity index (χ2n) is 5.56. The van der Waals surface area contributed by atoms with Crippen LogP contribution in [-0.4, -0.2) is 23.0 Å². The first-order chi connectivity index (χ1) is 12.1. The standard InChI is InChI=1S/C19H19N3O2S/c1-14-20-15(13-25-14)12-22(2)19(23)21-17-10-6-7-11-18(17)24-16-8-4-3-5-9-16/h3-11,13H,12H2,1-2H3,(H,21,23). The lowest BCUT2D eigenvalue weighted by Crippen LogP contribution is -2.31. The first-order valence-electron chi connectivity index (χ1n) is 7.87. The van der Waals surface area contributed by atoms with E-state index in [0.717, 1.165) is 16.5 Å². The summed E-state index contributed by atoms with van der Waals surface area (Å²) in [5, 5.41) is 5.85. The monoisotopic (exact) mass is 353 g/mol. The summed E-state index contributed by atoms with van der Waals surface area (Å²) >= 11 is 1.58. The average molecular weight is 353 g/mol. The molecular formula is C19H19N3O2S. The highest BCUT2D eigenvalue weighted by atomic mass is 32.1. The van der Waals surface area contributed by atoms with Gasteiger partial charge in [-0.2, -0.15) is 0 Å². The third-order valence-electron chi connectivity index (χ3n) is 3.51. The fourth-order valence-electron chi connectivity index (χ4n) is 2.28. The molecule has 0 saturated heterocycles. The van der Waals surface area contributed by atoms with Gasteiger partial charge >= 0.3 is 6.03 Å². The Morgan fingerprint density at radius 3 is 2.60 bits per heavy atom. The molecule has 0 unspecified atom stereocenters. The molecule has 128 valence electrons. The summed E-state index contributed by atoms with van der Waals surface area (Å²) in [5.74, 6) is 1.32. The van der Waals surface area contributed by atoms with Crippen LogP contribution in [0.25, 0.3) is 0 Å². The van der Waals surface area contributed by atoms with Gasteiger partial charge in [0.25, 0.3) is 0 Å². The van der Waals surface area contributed by atoms with Crippen LogP contribution in [0.5, 0.6) is 11.5 Å². The van der Waals surface area contributed by atoms with Crippen molar-refractivity contribution in [3.05, 3.63) is 70.7 Å². The van der Waals surface area contributed by atoms with Crippen molar-refractivity contribution in [1.29, 1.82) is 0 Å². The molecule has 2 amide bonds. The van der Waals surface area contributed by atoms with Crippen molar-refractivity contribution in [2.75, 3.05) is 12.4 Å². The minimum absolute atomic E-state index is 0.213. The molecule has 0 atom stereocenters. The smallest absolute Gasteiger partial charge is 0.322 e. The molecule has 0 saturated carbocycles. The van der Waals surface area contributed by atoms with Gasteiger partial charge in [0, 0.05) is 12.4 Å². The van der Waals surface area contributed by atoms with Gasteiger partial charge in [-0.1, -0.05) is 30.3 Å². The van der Waals surface area contributed by atoms with Gasteiger partial charge in [0.2, 0.25) is 0 Å². The number of benzene rings is 2. The quantitative estimate of drug-likeness (QED) is 0.709. The van der Waals surface area contributed by atoms with Crippen LogP contribution in [0.1, 0.15) is 10.7 Å². The number of rotatable bonds is 5. The third kappa shape index (κ3) is 4.58. The number of carbonyl (C=O) groups excluding carboxylic acids is 1. The number of hydrogen-bond donors (Lipinski definition) is 1. The van der Waals surface area contributed by atoms with Crippen LogP contribution in [0.4, 0.5) is 10.5 Å². The van der Waals surface area contributed by atoms with E-state index in [4.69, 9.17) is 4.74 Å². The summed E-state index contributed by atoms with van der Waals surface area (Å²) in [7, 11) is 1.74. The van der Waals surface area contributed by atoms with Crippen molar-refractivity contribution in [1.82, 2.24) is 9.88 Å². The highest BCUT2D eigenvalue weighted by Crippen LogP contribution is 2.29. The Labute approximate surface area is 150 Å². The summed E-state index contributed by atoms with van der Waals surface area (Å²) < 4.78 is 5.87. The van der Waals surface area contributed by atoms with E-state index in [1.807, 2.05) is 66.9 Å². The number of nitrogens with one attached hydrogen (secondary N) is 1. The van der Waals surface area contributed by atoms with Crippen LogP contribution >= 0.6 is 11.3 Å². The summed E-state index contributed by atoms with van der Waals surface area (Å²) in [6.07, 6.45) is 0. The number of hydrogen-bond acceptors (Lipinski definition) is 4. The molecule has 5 nitrogen and oxygen atoms in total. The van der Waals surface area contributed by atoms with E-state index in [0.29, 0.717) is 18.0 Å². The molecule has 0 aliphatic carbocycles. The number of aromatic nitrogens is 1. The first kappa shape index (κ1) is 17.0. The molecule has 1 heterocycles. The van der Waals surface area contributed by atoms with Gasteiger partial charge in [0.05, 0.1) is 22.9 Å². The zero-order chi connectivity index (χ0) is 17.6. The molecule has 0 radical (unpaired) electrons. The maximum Gasteiger partial charge on any atom is 0.322 e. The van der Waals surface area contributed by atoms with Crippen molar-refractivity contribution >= 4 is 23.1 Å². The van der Waals surface area contributed by atoms with Crippen LogP contribution in [0, 0.1) is 6.92 Å². The van der Waals surface area contributed by atoms with Crippen LogP contribution in [0.15, 0.2) is 60.0 Å². The summed E-state index contributed by atoms with van der Waals surface area (Å²) in [6, 6.07) is 16.6. The normalized spacial score (nSPS) is 10.3. The van der Waals surface area contributed by atoms with Crippen molar-refractivity contribution in [2.24, 2.45) is 0 Å². The molecule has 1 N–H and O–H groups in total. The molecule has 1 aromatic heterocycles. The molecule has 0 bridgehead atoms. The minimum atomic E-state index is -0.213. The highest BCUT2D eigenvalue weighted by molar-refractivity contribution is 7.09. The second-order valence-corrected chi connectivity index (χ2v) is 6.62. The Morgan fingerprint density at radius 2 is 1.88 bits per heavy atom. The van der Waals surface area contributed by atoms with E-state index < -0.39 is 0 Å². The molecule has 0 fully saturated rings. The predicted octanol–water partition coefficient (Wildman–Crippen LogP) is 4.91. The van der Waals surface area contributed by atoms with Gasteiger partial charge in [-0.15, -0.1) is 11.3 Å². The van der Waals surface area contributed by atoms with Crippen molar-refractivity contribution < 1.29 is 9.53 Å². The number of thiazole rings is 1. The summed E-state index contributed by atoms with van der Waals surface area (Å²) in [4.78, 5) is 18.4. The van der Waals surface area contributed by atoms with E-state index in [9.17, 15) is 4.79 Å². The number of ether oxygens (including phenoxy) is 1. The van der Waals surface area contributed by atoms with Gasteiger partial charge in [-0.3, -0.25) is 0 Å². The number of amides is 2. The first-order valence-corrected chi connectivity index (χ1v) is 8.75. The van der Waals surface area contributed by atoms with Gasteiger partial charge in [0.1, 0.15) is 5.75 Å². The van der Waals surface area contributed by atoms with Crippen molar-refractivity contribution in [3.8, 4) is 11.5 Å². The largest absolute Gasteiger partial charge is 0.455 e. The van der Waals surface area contributed by atoms with Gasteiger partial charge in [-0.05, 0) is 31.2 Å². The Hall–Kier alpha value is -2.86. The van der Waals surface area contributed by atoms with Gasteiger partial charge in [-0.25, -0.2) is 9.78 Å². The van der Waals surface area contributed by atoms with Gasteiger partial charge in [0.15, 0.2) is 5.75 Å². The van der Waals surface area contributed by atoms with Crippen LogP contribution in [0.3, 0.4) is 0 Å². The number of aryl methyl sites for hydroxylation is 1. The number of anilines is 1. The van der Waals surface area contributed by atoms with E-state index in [2.05, 4.69) is 10.3 Å². The summed E-state index contributed by atoms with van der Waals surface area (Å²) in [6.45, 7) is 2.41. The van der Waals surface area contributed by atoms with E-state index in [1.165, 1.54) is 0 Å². The zero-order valence-corrected chi connectivity index (χ0v) is 14.9. The Kier molecular flexibility index (Phi) is 5.30. The molecular weight excluding hydrogens is 334 g/mol. The average Bonchev–Trinajstić information content (AvgIpc) is 3.02. The van der Waals surface area contributed by atoms with Crippen LogP contribution in [0.2, 0.25) is 0 Å². The highest BCUT2D eigenvalue weighted by Gasteiger charge is 2.13. The minimum Gasteiger partial charge on any atom is -0.455 e. The number of urea groups is 1. The maximum absolute atomic E-state index is 12.5. The Bertz CT molecular complexity index is 849. The van der Waals surface area contributed by atoms with Crippen LogP contribution < -0.4 is 10.1 Å². The molecule has 25 heavy (non-hydrogen) atoms. The maximum atomic E-state index is 12.5. The Morgan fingerprint density at radius 1 is 1.16 bits per heavy atom. The molecule has 6 heteroatoms. The predicted molar refractivity (Wildman–Crippen MR) is 100 cm³/mol. The molecule has 0 aliphatic heterocycles. The van der Waals surface area contributed by atoms with Crippen molar-refractivity contribution in [3.63, 3.8) is 0 Å². The molecule has 0 spiro atoms. The number of para-hydroxylation sites is 3. The van der Waals surface area contributed by atoms with E-state index in [-0.39, 0.29) is 6.03 Å². The fourth-order valence-corrected chi connectivity index (χ4v) is 2.88. The van der Waals surface area contributed by atoms with E-state index in [1.54, 1.807) is 23.3 Å². The SMILES string of the molecule is Cc1nc(CN(C)C(=O)Nc2ccccc2Oc2ccccc2)cs1. The Balaban J connectivity index is 1.68. The third-order valence-corrected chi connectivity index (χ3v) is 4.33. The van der Waals surface area contributed by atoms with Crippen LogP contribution in [-0.2, 0) is 6.54 Å². The second kappa shape index (κ2) is 7.81. The zero-order valence-electron chi connectivity index (χ0n) is 14.1. The number of carbonyl (C=O) groups is 1. The summed E-state index contributed by atoms with van der Waals surface area (Å²) in [5.41, 5.74) is 1.51. The molecule has 0 aliphatic rings. The molecule has 3 aromatic rings. The molecule has 2 aromatic carbocycles. The van der Waals surface area contributed by atoms with E-state index >= 15 is 0 Å². The number of nitrogens with zero attached hydrogens (tertiary/aromatic N) is 2. The lowest BCUT2D eigenvalue weighted by molar-refractivity contribution is 0.220.